The van der Waals surface area contributed by atoms with Crippen molar-refractivity contribution in [1.82, 2.24) is 20.4 Å². The van der Waals surface area contributed by atoms with Gasteiger partial charge in [-0.3, -0.25) is 16.5 Å². The second-order valence-electron chi connectivity index (χ2n) is 6.48. The lowest BCUT2D eigenvalue weighted by molar-refractivity contribution is 0.187. The molecule has 2 aromatic heterocycles. The first-order chi connectivity index (χ1) is 14.9. The van der Waals surface area contributed by atoms with Gasteiger partial charge in [0.25, 0.3) is 0 Å². The lowest BCUT2D eigenvalue weighted by atomic mass is 10.1. The van der Waals surface area contributed by atoms with Crippen molar-refractivity contribution in [2.45, 2.75) is 6.29 Å². The van der Waals surface area contributed by atoms with Gasteiger partial charge in [0.1, 0.15) is 10.8 Å². The average Bonchev–Trinajstić information content (AvgIpc) is 3.32. The smallest absolute Gasteiger partial charge is 0.412 e. The number of pyridine rings is 1. The van der Waals surface area contributed by atoms with Gasteiger partial charge in [-0.1, -0.05) is 23.2 Å². The molecule has 4 N–H and O–H groups in total. The van der Waals surface area contributed by atoms with E-state index >= 15 is 0 Å². The number of nitrogens with two attached hydrogens (primary N) is 1. The Hall–Kier alpha value is -2.76. The molecule has 1 aromatic carbocycles. The summed E-state index contributed by atoms with van der Waals surface area (Å²) in [5, 5.41) is 5.90. The maximum atomic E-state index is 11.5. The quantitative estimate of drug-likeness (QED) is 0.522. The summed E-state index contributed by atoms with van der Waals surface area (Å²) in [7, 11) is 3.08. The van der Waals surface area contributed by atoms with E-state index in [1.54, 1.807) is 42.5 Å². The summed E-state index contributed by atoms with van der Waals surface area (Å²) in [6.45, 7) is 0. The average molecular weight is 478 g/mol. The fourth-order valence-corrected chi connectivity index (χ4v) is 4.37. The molecule has 1 unspecified atom stereocenters. The standard InChI is InChI=1S/C19H17Cl2N7O2S/c1-28-18(22)26-16(27-28)15-14(11-4-3-10(20)8-12(11)21)25-17(31-15)9-5-6-23-13(7-9)24-19(29)30-2/h3-8,18H,22H2,1-2H3,(H,26,27)(H,23,24,29). The van der Waals surface area contributed by atoms with E-state index in [1.165, 1.54) is 18.4 Å². The minimum Gasteiger partial charge on any atom is -0.453 e. The molecule has 0 spiro atoms. The molecule has 0 saturated carbocycles. The molecule has 31 heavy (non-hydrogen) atoms. The molecule has 0 aliphatic carbocycles. The maximum absolute atomic E-state index is 11.5. The summed E-state index contributed by atoms with van der Waals surface area (Å²) in [6, 6.07) is 8.71. The van der Waals surface area contributed by atoms with Gasteiger partial charge in [0.15, 0.2) is 12.1 Å². The number of rotatable bonds is 4. The van der Waals surface area contributed by atoms with Crippen molar-refractivity contribution in [3.05, 3.63) is 51.5 Å². The van der Waals surface area contributed by atoms with Gasteiger partial charge >= 0.3 is 6.09 Å². The topological polar surface area (TPSA) is 118 Å². The molecular formula is C19H17Cl2N7O2S. The number of ether oxygens (including phenoxy) is 1. The van der Waals surface area contributed by atoms with Gasteiger partial charge in [0, 0.05) is 29.4 Å². The molecule has 3 aromatic rings. The number of anilines is 1. The molecule has 160 valence electrons. The minimum atomic E-state index is -0.611. The number of hydrogen-bond acceptors (Lipinski definition) is 9. The first-order valence-corrected chi connectivity index (χ1v) is 10.5. The number of aliphatic imine (C=N–C) groups is 1. The molecule has 1 aliphatic rings. The largest absolute Gasteiger partial charge is 0.453 e. The number of hydrogen-bond donors (Lipinski definition) is 3. The fraction of sp³-hybridized carbons (Fsp3) is 0.158. The van der Waals surface area contributed by atoms with Crippen LogP contribution in [0, 0.1) is 0 Å². The Bertz CT molecular complexity index is 1180. The van der Waals surface area contributed by atoms with Gasteiger partial charge in [-0.2, -0.15) is 5.01 Å². The minimum absolute atomic E-state index is 0.338. The number of nitrogens with zero attached hydrogens (tertiary/aromatic N) is 4. The van der Waals surface area contributed by atoms with Crippen LogP contribution in [0.25, 0.3) is 21.8 Å². The molecule has 1 aliphatic heterocycles. The van der Waals surface area contributed by atoms with Crippen LogP contribution in [0.3, 0.4) is 0 Å². The van der Waals surface area contributed by atoms with E-state index in [4.69, 9.17) is 33.9 Å². The van der Waals surface area contributed by atoms with E-state index in [1.807, 2.05) is 6.07 Å². The number of thiazole rings is 1. The van der Waals surface area contributed by atoms with Crippen LogP contribution in [0.4, 0.5) is 10.6 Å². The molecule has 1 atom stereocenters. The van der Waals surface area contributed by atoms with Crippen molar-refractivity contribution in [3.8, 4) is 21.8 Å². The normalized spacial score (nSPS) is 16.0. The predicted octanol–water partition coefficient (Wildman–Crippen LogP) is 3.80. The number of halogens is 2. The van der Waals surface area contributed by atoms with E-state index < -0.39 is 12.4 Å². The van der Waals surface area contributed by atoms with Gasteiger partial charge in [0.05, 0.1) is 22.7 Å². The lowest BCUT2D eigenvalue weighted by Gasteiger charge is -2.13. The Morgan fingerprint density at radius 2 is 2.13 bits per heavy atom. The van der Waals surface area contributed by atoms with E-state index in [2.05, 4.69) is 25.5 Å². The molecule has 0 radical (unpaired) electrons. The summed E-state index contributed by atoms with van der Waals surface area (Å²) in [5.74, 6) is 0.923. The van der Waals surface area contributed by atoms with Crippen LogP contribution < -0.4 is 16.5 Å². The molecule has 0 bridgehead atoms. The van der Waals surface area contributed by atoms with Gasteiger partial charge in [-0.05, 0) is 30.3 Å². The Balaban J connectivity index is 1.82. The third kappa shape index (κ3) is 4.48. The van der Waals surface area contributed by atoms with E-state index in [-0.39, 0.29) is 0 Å². The number of methoxy groups -OCH3 is 1. The van der Waals surface area contributed by atoms with Gasteiger partial charge in [0.2, 0.25) is 0 Å². The zero-order valence-electron chi connectivity index (χ0n) is 16.4. The van der Waals surface area contributed by atoms with Crippen molar-refractivity contribution in [1.29, 1.82) is 0 Å². The number of amides is 1. The second kappa shape index (κ2) is 8.77. The van der Waals surface area contributed by atoms with Crippen LogP contribution in [-0.4, -0.2) is 47.4 Å². The zero-order chi connectivity index (χ0) is 22.1. The van der Waals surface area contributed by atoms with Crippen molar-refractivity contribution >= 4 is 52.3 Å². The Kier molecular flexibility index (Phi) is 6.08. The summed E-state index contributed by atoms with van der Waals surface area (Å²) in [6.07, 6.45) is 0.441. The molecule has 12 heteroatoms. The van der Waals surface area contributed by atoms with Crippen LogP contribution in [-0.2, 0) is 4.74 Å². The third-order valence-electron chi connectivity index (χ3n) is 4.39. The van der Waals surface area contributed by atoms with Crippen molar-refractivity contribution in [2.75, 3.05) is 19.5 Å². The Morgan fingerprint density at radius 1 is 1.32 bits per heavy atom. The highest BCUT2D eigenvalue weighted by atomic mass is 35.5. The maximum Gasteiger partial charge on any atom is 0.412 e. The monoisotopic (exact) mass is 477 g/mol. The summed E-state index contributed by atoms with van der Waals surface area (Å²) >= 11 is 13.9. The number of carbonyl (C=O) groups is 1. The Morgan fingerprint density at radius 3 is 2.81 bits per heavy atom. The number of aromatic nitrogens is 2. The number of hydrazine groups is 1. The van der Waals surface area contributed by atoms with Gasteiger partial charge < -0.3 is 4.74 Å². The third-order valence-corrected chi connectivity index (χ3v) is 6.05. The SMILES string of the molecule is COC(=O)Nc1cc(-c2nc(-c3ccc(Cl)cc3Cl)c(C3=NC(N)N(C)N3)s2)ccn1. The van der Waals surface area contributed by atoms with Crippen LogP contribution in [0.2, 0.25) is 10.0 Å². The van der Waals surface area contributed by atoms with E-state index in [9.17, 15) is 4.79 Å². The fourth-order valence-electron chi connectivity index (χ4n) is 2.85. The first kappa shape index (κ1) is 21.5. The van der Waals surface area contributed by atoms with Crippen LogP contribution in [0.5, 0.6) is 0 Å². The van der Waals surface area contributed by atoms with Gasteiger partial charge in [-0.25, -0.2) is 19.8 Å². The lowest BCUT2D eigenvalue weighted by Crippen LogP contribution is -2.41. The molecular weight excluding hydrogens is 461 g/mol. The predicted molar refractivity (Wildman–Crippen MR) is 122 cm³/mol. The molecule has 3 heterocycles. The molecule has 9 nitrogen and oxygen atoms in total. The summed E-state index contributed by atoms with van der Waals surface area (Å²) in [4.78, 5) is 25.7. The molecule has 0 fully saturated rings. The highest BCUT2D eigenvalue weighted by Gasteiger charge is 2.27. The number of benzene rings is 1. The summed E-state index contributed by atoms with van der Waals surface area (Å²) in [5.41, 5.74) is 11.2. The highest BCUT2D eigenvalue weighted by molar-refractivity contribution is 7.17. The molecule has 0 saturated heterocycles. The van der Waals surface area contributed by atoms with E-state index in [0.717, 1.165) is 10.4 Å². The van der Waals surface area contributed by atoms with Crippen molar-refractivity contribution in [2.24, 2.45) is 10.7 Å². The van der Waals surface area contributed by atoms with Crippen LogP contribution >= 0.6 is 34.5 Å². The summed E-state index contributed by atoms with van der Waals surface area (Å²) < 4.78 is 4.62. The zero-order valence-corrected chi connectivity index (χ0v) is 18.7. The van der Waals surface area contributed by atoms with E-state index in [0.29, 0.717) is 38.0 Å². The number of amidine groups is 1. The molecule has 1 amide bonds. The van der Waals surface area contributed by atoms with Crippen LogP contribution in [0.15, 0.2) is 41.5 Å². The van der Waals surface area contributed by atoms with Crippen molar-refractivity contribution in [3.63, 3.8) is 0 Å². The van der Waals surface area contributed by atoms with Gasteiger partial charge in [-0.15, -0.1) is 11.3 Å². The Labute approximate surface area is 191 Å². The highest BCUT2D eigenvalue weighted by Crippen LogP contribution is 2.38. The number of carbonyl (C=O) groups excluding carboxylic acids is 1. The number of nitrogens with one attached hydrogen (secondary N) is 2. The van der Waals surface area contributed by atoms with Crippen molar-refractivity contribution < 1.29 is 9.53 Å². The second-order valence-corrected chi connectivity index (χ2v) is 8.32. The first-order valence-electron chi connectivity index (χ1n) is 8.96. The van der Waals surface area contributed by atoms with Crippen LogP contribution in [0.1, 0.15) is 4.88 Å². The molecule has 4 rings (SSSR count).